The number of thiophene rings is 1. The van der Waals surface area contributed by atoms with Gasteiger partial charge in [0, 0.05) is 35.2 Å². The third kappa shape index (κ3) is 3.04. The highest BCUT2D eigenvalue weighted by molar-refractivity contribution is 7.10. The molecule has 1 atom stereocenters. The van der Waals surface area contributed by atoms with Gasteiger partial charge in [-0.05, 0) is 24.6 Å². The van der Waals surface area contributed by atoms with Crippen molar-refractivity contribution < 1.29 is 0 Å². The van der Waals surface area contributed by atoms with Gasteiger partial charge in [0.15, 0.2) is 0 Å². The predicted octanol–water partition coefficient (Wildman–Crippen LogP) is 3.65. The zero-order valence-electron chi connectivity index (χ0n) is 8.98. The smallest absolute Gasteiger partial charge is 0.0516 e. The van der Waals surface area contributed by atoms with E-state index in [4.69, 9.17) is 11.6 Å². The van der Waals surface area contributed by atoms with Crippen LogP contribution in [0.3, 0.4) is 0 Å². The molecule has 0 fully saturated rings. The first-order chi connectivity index (χ1) is 7.75. The van der Waals surface area contributed by atoms with Crippen molar-refractivity contribution in [3.63, 3.8) is 0 Å². The van der Waals surface area contributed by atoms with E-state index in [1.807, 2.05) is 23.7 Å². The summed E-state index contributed by atoms with van der Waals surface area (Å²) in [6.07, 6.45) is 3.67. The van der Waals surface area contributed by atoms with Gasteiger partial charge in [0.25, 0.3) is 0 Å². The van der Waals surface area contributed by atoms with Gasteiger partial charge in [0.05, 0.1) is 5.02 Å². The number of nitrogens with zero attached hydrogens (tertiary/aromatic N) is 1. The minimum Gasteiger partial charge on any atom is -0.305 e. The molecule has 2 aromatic heterocycles. The van der Waals surface area contributed by atoms with Crippen LogP contribution in [0.1, 0.15) is 23.4 Å². The topological polar surface area (TPSA) is 24.9 Å². The Hall–Kier alpha value is -0.900. The van der Waals surface area contributed by atoms with Gasteiger partial charge in [-0.2, -0.15) is 0 Å². The summed E-state index contributed by atoms with van der Waals surface area (Å²) < 4.78 is 0. The van der Waals surface area contributed by atoms with Crippen LogP contribution in [0, 0.1) is 0 Å². The standard InChI is InChI=1S/C12H13ClN2S/c1-9(10-3-2-4-14-6-10)15-7-12-5-11(13)8-16-12/h2-6,8-9,15H,7H2,1H3. The number of rotatable bonds is 4. The van der Waals surface area contributed by atoms with Crippen molar-refractivity contribution >= 4 is 22.9 Å². The quantitative estimate of drug-likeness (QED) is 0.899. The van der Waals surface area contributed by atoms with Crippen LogP contribution in [-0.2, 0) is 6.54 Å². The summed E-state index contributed by atoms with van der Waals surface area (Å²) in [5.74, 6) is 0. The molecule has 2 heterocycles. The van der Waals surface area contributed by atoms with E-state index in [-0.39, 0.29) is 0 Å². The van der Waals surface area contributed by atoms with Gasteiger partial charge in [-0.15, -0.1) is 11.3 Å². The molecule has 0 bridgehead atoms. The second-order valence-corrected chi connectivity index (χ2v) is 5.05. The number of nitrogens with one attached hydrogen (secondary N) is 1. The first-order valence-corrected chi connectivity index (χ1v) is 6.37. The molecule has 4 heteroatoms. The van der Waals surface area contributed by atoms with Crippen LogP contribution in [0.2, 0.25) is 5.02 Å². The van der Waals surface area contributed by atoms with Crippen LogP contribution in [0.4, 0.5) is 0 Å². The Morgan fingerprint density at radius 1 is 1.56 bits per heavy atom. The number of pyridine rings is 1. The Morgan fingerprint density at radius 2 is 2.44 bits per heavy atom. The minimum absolute atomic E-state index is 0.301. The molecule has 2 rings (SSSR count). The van der Waals surface area contributed by atoms with Crippen LogP contribution >= 0.6 is 22.9 Å². The van der Waals surface area contributed by atoms with E-state index in [1.54, 1.807) is 17.5 Å². The van der Waals surface area contributed by atoms with Crippen molar-refractivity contribution in [1.82, 2.24) is 10.3 Å². The first kappa shape index (κ1) is 11.6. The molecule has 0 aliphatic rings. The molecule has 0 aliphatic carbocycles. The molecule has 84 valence electrons. The van der Waals surface area contributed by atoms with E-state index in [1.165, 1.54) is 10.4 Å². The van der Waals surface area contributed by atoms with E-state index in [9.17, 15) is 0 Å². The molecule has 16 heavy (non-hydrogen) atoms. The largest absolute Gasteiger partial charge is 0.305 e. The summed E-state index contributed by atoms with van der Waals surface area (Å²) in [7, 11) is 0. The van der Waals surface area contributed by atoms with Gasteiger partial charge in [0.1, 0.15) is 0 Å². The van der Waals surface area contributed by atoms with Crippen molar-refractivity contribution in [2.24, 2.45) is 0 Å². The summed E-state index contributed by atoms with van der Waals surface area (Å²) in [4.78, 5) is 5.36. The third-order valence-corrected chi connectivity index (χ3v) is 3.67. The lowest BCUT2D eigenvalue weighted by Crippen LogP contribution is -2.17. The fourth-order valence-corrected chi connectivity index (χ4v) is 2.47. The van der Waals surface area contributed by atoms with E-state index in [2.05, 4.69) is 23.3 Å². The molecule has 0 saturated heterocycles. The number of hydrogen-bond donors (Lipinski definition) is 1. The monoisotopic (exact) mass is 252 g/mol. The normalized spacial score (nSPS) is 12.6. The van der Waals surface area contributed by atoms with Crippen molar-refractivity contribution in [3.05, 3.63) is 51.4 Å². The highest BCUT2D eigenvalue weighted by Crippen LogP contribution is 2.20. The SMILES string of the molecule is CC(NCc1cc(Cl)cs1)c1cccnc1. The summed E-state index contributed by atoms with van der Waals surface area (Å²) in [5.41, 5.74) is 1.20. The van der Waals surface area contributed by atoms with Gasteiger partial charge in [-0.25, -0.2) is 0 Å². The van der Waals surface area contributed by atoms with Crippen LogP contribution in [0.15, 0.2) is 36.0 Å². The van der Waals surface area contributed by atoms with Gasteiger partial charge in [-0.1, -0.05) is 17.7 Å². The molecule has 0 spiro atoms. The van der Waals surface area contributed by atoms with E-state index in [0.717, 1.165) is 11.6 Å². The van der Waals surface area contributed by atoms with Crippen LogP contribution in [0.5, 0.6) is 0 Å². The Bertz CT molecular complexity index is 441. The molecule has 0 saturated carbocycles. The maximum Gasteiger partial charge on any atom is 0.0516 e. The third-order valence-electron chi connectivity index (χ3n) is 2.39. The lowest BCUT2D eigenvalue weighted by molar-refractivity contribution is 0.577. The molecule has 1 unspecified atom stereocenters. The van der Waals surface area contributed by atoms with Crippen molar-refractivity contribution in [2.75, 3.05) is 0 Å². The van der Waals surface area contributed by atoms with Gasteiger partial charge in [-0.3, -0.25) is 4.98 Å². The van der Waals surface area contributed by atoms with Gasteiger partial charge >= 0.3 is 0 Å². The maximum atomic E-state index is 5.87. The highest BCUT2D eigenvalue weighted by Gasteiger charge is 2.05. The lowest BCUT2D eigenvalue weighted by Gasteiger charge is -2.12. The fraction of sp³-hybridized carbons (Fsp3) is 0.250. The molecule has 2 aromatic rings. The predicted molar refractivity (Wildman–Crippen MR) is 68.8 cm³/mol. The molecule has 1 N–H and O–H groups in total. The highest BCUT2D eigenvalue weighted by atomic mass is 35.5. The number of hydrogen-bond acceptors (Lipinski definition) is 3. The van der Waals surface area contributed by atoms with Crippen LogP contribution in [0.25, 0.3) is 0 Å². The molecule has 2 nitrogen and oxygen atoms in total. The molecule has 0 aromatic carbocycles. The summed E-state index contributed by atoms with van der Waals surface area (Å²) >= 11 is 7.54. The van der Waals surface area contributed by atoms with E-state index < -0.39 is 0 Å². The summed E-state index contributed by atoms with van der Waals surface area (Å²) in [6, 6.07) is 6.33. The van der Waals surface area contributed by atoms with Crippen LogP contribution < -0.4 is 5.32 Å². The Labute approximate surface area is 104 Å². The summed E-state index contributed by atoms with van der Waals surface area (Å²) in [6.45, 7) is 2.97. The van der Waals surface area contributed by atoms with E-state index in [0.29, 0.717) is 6.04 Å². The van der Waals surface area contributed by atoms with Gasteiger partial charge < -0.3 is 5.32 Å². The molecule has 0 amide bonds. The summed E-state index contributed by atoms with van der Waals surface area (Å²) in [5, 5.41) is 6.21. The van der Waals surface area contributed by atoms with E-state index >= 15 is 0 Å². The molecule has 0 aliphatic heterocycles. The van der Waals surface area contributed by atoms with Gasteiger partial charge in [0.2, 0.25) is 0 Å². The fourth-order valence-electron chi connectivity index (χ4n) is 1.45. The zero-order chi connectivity index (χ0) is 11.4. The first-order valence-electron chi connectivity index (χ1n) is 5.12. The number of aromatic nitrogens is 1. The average molecular weight is 253 g/mol. The van der Waals surface area contributed by atoms with Crippen molar-refractivity contribution in [1.29, 1.82) is 0 Å². The maximum absolute atomic E-state index is 5.87. The lowest BCUT2D eigenvalue weighted by atomic mass is 10.1. The Balaban J connectivity index is 1.91. The molecule has 0 radical (unpaired) electrons. The van der Waals surface area contributed by atoms with Crippen LogP contribution in [-0.4, -0.2) is 4.98 Å². The Kier molecular flexibility index (Phi) is 3.93. The number of halogens is 1. The molecular formula is C12H13ClN2S. The second kappa shape index (κ2) is 5.43. The molecular weight excluding hydrogens is 240 g/mol. The Morgan fingerprint density at radius 3 is 3.06 bits per heavy atom. The van der Waals surface area contributed by atoms with Crippen molar-refractivity contribution in [3.8, 4) is 0 Å². The second-order valence-electron chi connectivity index (χ2n) is 3.62. The zero-order valence-corrected chi connectivity index (χ0v) is 10.6. The van der Waals surface area contributed by atoms with Crippen molar-refractivity contribution in [2.45, 2.75) is 19.5 Å². The average Bonchev–Trinajstić information content (AvgIpc) is 2.73. The minimum atomic E-state index is 0.301.